The minimum atomic E-state index is -0.254. The molecule has 0 unspecified atom stereocenters. The molecule has 1 aliphatic heterocycles. The van der Waals surface area contributed by atoms with Crippen molar-refractivity contribution >= 4 is 30.7 Å². The molecule has 0 saturated carbocycles. The van der Waals surface area contributed by atoms with E-state index in [1.165, 1.54) is 12.1 Å². The maximum atomic E-state index is 12.8. The van der Waals surface area contributed by atoms with Crippen LogP contribution in [0.5, 0.6) is 5.75 Å². The van der Waals surface area contributed by atoms with Gasteiger partial charge in [-0.25, -0.2) is 4.39 Å². The van der Waals surface area contributed by atoms with Crippen LogP contribution in [0.1, 0.15) is 19.3 Å². The minimum absolute atomic E-state index is 0. The normalized spacial score (nSPS) is 15.0. The molecule has 144 valence electrons. The largest absolute Gasteiger partial charge is 0.492 e. The zero-order valence-corrected chi connectivity index (χ0v) is 16.1. The van der Waals surface area contributed by atoms with Gasteiger partial charge in [0, 0.05) is 38.6 Å². The van der Waals surface area contributed by atoms with E-state index in [1.54, 1.807) is 12.1 Å². The van der Waals surface area contributed by atoms with Crippen molar-refractivity contribution in [1.29, 1.82) is 0 Å². The average Bonchev–Trinajstić information content (AvgIpc) is 2.56. The highest BCUT2D eigenvalue weighted by Crippen LogP contribution is 2.13. The average molecular weight is 396 g/mol. The van der Waals surface area contributed by atoms with Crippen LogP contribution in [0.3, 0.4) is 0 Å². The molecule has 0 radical (unpaired) electrons. The second-order valence-corrected chi connectivity index (χ2v) is 5.84. The quantitative estimate of drug-likeness (QED) is 0.708. The summed E-state index contributed by atoms with van der Waals surface area (Å²) in [6, 6.07) is 6.37. The lowest BCUT2D eigenvalue weighted by Crippen LogP contribution is -2.45. The van der Waals surface area contributed by atoms with E-state index in [2.05, 4.69) is 15.5 Å². The Balaban J connectivity index is 0.00000288. The van der Waals surface area contributed by atoms with Gasteiger partial charge in [-0.1, -0.05) is 0 Å². The molecular weight excluding hydrogens is 368 g/mol. The molecule has 25 heavy (non-hydrogen) atoms. The Kier molecular flexibility index (Phi) is 12.6. The first-order valence-corrected chi connectivity index (χ1v) is 8.22. The molecule has 1 aliphatic rings. The van der Waals surface area contributed by atoms with Crippen LogP contribution in [0.2, 0.25) is 0 Å². The molecule has 2 N–H and O–H groups in total. The summed E-state index contributed by atoms with van der Waals surface area (Å²) in [6.45, 7) is 4.07. The third-order valence-corrected chi connectivity index (χ3v) is 4.04. The molecule has 1 aromatic rings. The Labute approximate surface area is 161 Å². The standard InChI is InChI=1S/C17H26FN3O2.2ClH/c1-19-9-6-17(22)20-15-7-10-21(11-8-15)12-13-23-16-4-2-14(18)3-5-16;;/h2-5,15,19H,6-13H2,1H3,(H,20,22);2*1H. The van der Waals surface area contributed by atoms with E-state index < -0.39 is 0 Å². The highest BCUT2D eigenvalue weighted by Gasteiger charge is 2.20. The number of piperidine rings is 1. The van der Waals surface area contributed by atoms with Crippen molar-refractivity contribution in [3.05, 3.63) is 30.1 Å². The molecule has 1 amide bonds. The van der Waals surface area contributed by atoms with E-state index in [-0.39, 0.29) is 42.6 Å². The SMILES string of the molecule is CNCCC(=O)NC1CCN(CCOc2ccc(F)cc2)CC1.Cl.Cl. The van der Waals surface area contributed by atoms with Crippen LogP contribution in [0.4, 0.5) is 4.39 Å². The number of carbonyl (C=O) groups is 1. The Morgan fingerprint density at radius 3 is 2.48 bits per heavy atom. The monoisotopic (exact) mass is 395 g/mol. The van der Waals surface area contributed by atoms with Gasteiger partial charge in [0.1, 0.15) is 18.2 Å². The highest BCUT2D eigenvalue weighted by atomic mass is 35.5. The van der Waals surface area contributed by atoms with Gasteiger partial charge < -0.3 is 15.4 Å². The van der Waals surface area contributed by atoms with E-state index in [0.717, 1.165) is 32.5 Å². The summed E-state index contributed by atoms with van der Waals surface area (Å²) in [4.78, 5) is 14.0. The van der Waals surface area contributed by atoms with E-state index in [1.807, 2.05) is 7.05 Å². The van der Waals surface area contributed by atoms with Crippen molar-refractivity contribution in [3.63, 3.8) is 0 Å². The topological polar surface area (TPSA) is 53.6 Å². The minimum Gasteiger partial charge on any atom is -0.492 e. The van der Waals surface area contributed by atoms with Crippen LogP contribution >= 0.6 is 24.8 Å². The van der Waals surface area contributed by atoms with Gasteiger partial charge in [-0.2, -0.15) is 0 Å². The predicted octanol–water partition coefficient (Wildman–Crippen LogP) is 2.24. The maximum Gasteiger partial charge on any atom is 0.221 e. The molecule has 0 atom stereocenters. The highest BCUT2D eigenvalue weighted by molar-refractivity contribution is 5.85. The number of likely N-dealkylation sites (tertiary alicyclic amines) is 1. The van der Waals surface area contributed by atoms with Gasteiger partial charge >= 0.3 is 0 Å². The zero-order valence-electron chi connectivity index (χ0n) is 14.5. The lowest BCUT2D eigenvalue weighted by atomic mass is 10.0. The number of nitrogens with one attached hydrogen (secondary N) is 2. The van der Waals surface area contributed by atoms with Crippen molar-refractivity contribution in [1.82, 2.24) is 15.5 Å². The van der Waals surface area contributed by atoms with Crippen LogP contribution < -0.4 is 15.4 Å². The zero-order chi connectivity index (χ0) is 16.5. The van der Waals surface area contributed by atoms with Gasteiger partial charge in [-0.05, 0) is 44.2 Å². The van der Waals surface area contributed by atoms with Crippen molar-refractivity contribution in [2.24, 2.45) is 0 Å². The summed E-state index contributed by atoms with van der Waals surface area (Å²) in [7, 11) is 1.85. The number of halogens is 3. The molecule has 0 spiro atoms. The van der Waals surface area contributed by atoms with Crippen molar-refractivity contribution < 1.29 is 13.9 Å². The molecular formula is C17H28Cl2FN3O2. The summed E-state index contributed by atoms with van der Waals surface area (Å²) >= 11 is 0. The molecule has 2 rings (SSSR count). The molecule has 1 saturated heterocycles. The number of benzene rings is 1. The fourth-order valence-electron chi connectivity index (χ4n) is 2.66. The van der Waals surface area contributed by atoms with Crippen molar-refractivity contribution in [3.8, 4) is 5.75 Å². The first kappa shape index (κ1) is 23.9. The fourth-order valence-corrected chi connectivity index (χ4v) is 2.66. The number of carbonyl (C=O) groups excluding carboxylic acids is 1. The Bertz CT molecular complexity index is 483. The van der Waals surface area contributed by atoms with Gasteiger partial charge in [0.05, 0.1) is 0 Å². The molecule has 1 fully saturated rings. The van der Waals surface area contributed by atoms with Crippen LogP contribution in [-0.4, -0.2) is 56.7 Å². The lowest BCUT2D eigenvalue weighted by molar-refractivity contribution is -0.122. The molecule has 1 heterocycles. The first-order valence-electron chi connectivity index (χ1n) is 8.22. The predicted molar refractivity (Wildman–Crippen MR) is 103 cm³/mol. The first-order chi connectivity index (χ1) is 11.2. The number of rotatable bonds is 8. The van der Waals surface area contributed by atoms with E-state index in [4.69, 9.17) is 4.74 Å². The van der Waals surface area contributed by atoms with E-state index >= 15 is 0 Å². The number of amides is 1. The van der Waals surface area contributed by atoms with Crippen molar-refractivity contribution in [2.45, 2.75) is 25.3 Å². The summed E-state index contributed by atoms with van der Waals surface area (Å²) < 4.78 is 18.4. The van der Waals surface area contributed by atoms with Gasteiger partial charge in [0.2, 0.25) is 5.91 Å². The fraction of sp³-hybridized carbons (Fsp3) is 0.588. The van der Waals surface area contributed by atoms with Crippen LogP contribution in [0.15, 0.2) is 24.3 Å². The van der Waals surface area contributed by atoms with Gasteiger partial charge in [-0.15, -0.1) is 24.8 Å². The number of hydrogen-bond donors (Lipinski definition) is 2. The van der Waals surface area contributed by atoms with Crippen LogP contribution in [0.25, 0.3) is 0 Å². The van der Waals surface area contributed by atoms with Crippen molar-refractivity contribution in [2.75, 3.05) is 39.8 Å². The van der Waals surface area contributed by atoms with Gasteiger partial charge in [0.25, 0.3) is 0 Å². The number of hydrogen-bond acceptors (Lipinski definition) is 4. The number of nitrogens with zero attached hydrogens (tertiary/aromatic N) is 1. The second-order valence-electron chi connectivity index (χ2n) is 5.84. The molecule has 8 heteroatoms. The van der Waals surface area contributed by atoms with Crippen LogP contribution in [0, 0.1) is 5.82 Å². The summed E-state index contributed by atoms with van der Waals surface area (Å²) in [5.74, 6) is 0.562. The van der Waals surface area contributed by atoms with Gasteiger partial charge in [0.15, 0.2) is 0 Å². The molecule has 0 aliphatic carbocycles. The third kappa shape index (κ3) is 9.26. The van der Waals surface area contributed by atoms with Gasteiger partial charge in [-0.3, -0.25) is 9.69 Å². The van der Waals surface area contributed by atoms with Crippen LogP contribution in [-0.2, 0) is 4.79 Å². The second kappa shape index (κ2) is 13.2. The molecule has 5 nitrogen and oxygen atoms in total. The Morgan fingerprint density at radius 1 is 1.24 bits per heavy atom. The Hall–Kier alpha value is -1.08. The molecule has 1 aromatic carbocycles. The molecule has 0 aromatic heterocycles. The molecule has 0 bridgehead atoms. The van der Waals surface area contributed by atoms with E-state index in [0.29, 0.717) is 25.3 Å². The third-order valence-electron chi connectivity index (χ3n) is 4.04. The lowest BCUT2D eigenvalue weighted by Gasteiger charge is -2.32. The number of ether oxygens (including phenoxy) is 1. The summed E-state index contributed by atoms with van der Waals surface area (Å²) in [5, 5.41) is 6.07. The van der Waals surface area contributed by atoms with E-state index in [9.17, 15) is 9.18 Å². The smallest absolute Gasteiger partial charge is 0.221 e. The maximum absolute atomic E-state index is 12.8. The summed E-state index contributed by atoms with van der Waals surface area (Å²) in [6.07, 6.45) is 2.48. The Morgan fingerprint density at radius 2 is 1.88 bits per heavy atom. The summed E-state index contributed by atoms with van der Waals surface area (Å²) in [5.41, 5.74) is 0.